The molecule has 0 heterocycles. The molecule has 0 saturated carbocycles. The van der Waals surface area contributed by atoms with E-state index in [1.165, 1.54) is 13.0 Å². The van der Waals surface area contributed by atoms with E-state index in [0.29, 0.717) is 0 Å². The Kier molecular flexibility index (Phi) is 6.89. The van der Waals surface area contributed by atoms with Crippen molar-refractivity contribution in [3.8, 4) is 0 Å². The van der Waals surface area contributed by atoms with E-state index in [0.717, 1.165) is 4.48 Å². The van der Waals surface area contributed by atoms with Gasteiger partial charge in [0.25, 0.3) is 7.82 Å². The average Bonchev–Trinajstić information content (AvgIpc) is 1.54. The predicted molar refractivity (Wildman–Crippen MR) is 45.2 cm³/mol. The van der Waals surface area contributed by atoms with Crippen molar-refractivity contribution in [1.82, 2.24) is 0 Å². The highest BCUT2D eigenvalue weighted by atomic mass is 31.2. The first-order chi connectivity index (χ1) is 5.06. The Bertz CT molecular complexity index is 140. The average molecular weight is 199 g/mol. The van der Waals surface area contributed by atoms with Gasteiger partial charge in [0.2, 0.25) is 0 Å². The zero-order chi connectivity index (χ0) is 10.4. The molecule has 0 radical (unpaired) electrons. The summed E-state index contributed by atoms with van der Waals surface area (Å²) in [6.45, 7) is 3.49. The summed E-state index contributed by atoms with van der Waals surface area (Å²) in [5, 5.41) is 0. The molecule has 0 aliphatic carbocycles. The van der Waals surface area contributed by atoms with E-state index in [4.69, 9.17) is 19.2 Å². The van der Waals surface area contributed by atoms with Gasteiger partial charge in [-0.25, -0.2) is 0 Å². The number of rotatable bonds is 2. The van der Waals surface area contributed by atoms with Gasteiger partial charge in [0.05, 0.1) is 27.7 Å². The second-order valence-electron chi connectivity index (χ2n) is 3.50. The van der Waals surface area contributed by atoms with Gasteiger partial charge in [-0.3, -0.25) is 4.57 Å². The molecule has 0 aromatic carbocycles. The van der Waals surface area contributed by atoms with E-state index in [2.05, 4.69) is 28.1 Å². The van der Waals surface area contributed by atoms with Gasteiger partial charge in [-0.15, -0.1) is 0 Å². The summed E-state index contributed by atoms with van der Waals surface area (Å²) in [5.41, 5.74) is 0. The maximum absolute atomic E-state index is 8.77. The Morgan fingerprint density at radius 3 is 1.58 bits per heavy atom. The molecule has 0 aromatic heterocycles. The Hall–Kier alpha value is 0.0700. The summed E-state index contributed by atoms with van der Waals surface area (Å²) in [5.74, 6) is 0. The fourth-order valence-electron chi connectivity index (χ4n) is 0.671. The molecule has 0 bridgehead atoms. The number of hydrogen-bond acceptors (Lipinski definition) is 2. The molecule has 76 valence electrons. The maximum atomic E-state index is 8.77. The molecule has 0 amide bonds. The second kappa shape index (κ2) is 5.67. The van der Waals surface area contributed by atoms with Crippen LogP contribution in [0.3, 0.4) is 0 Å². The van der Waals surface area contributed by atoms with Gasteiger partial charge < -0.3 is 19.2 Å². The topological polar surface area (TPSA) is 80.6 Å². The van der Waals surface area contributed by atoms with Crippen molar-refractivity contribution in [2.45, 2.75) is 13.3 Å². The van der Waals surface area contributed by atoms with Crippen LogP contribution >= 0.6 is 7.82 Å². The van der Waals surface area contributed by atoms with Gasteiger partial charge in [0.15, 0.2) is 0 Å². The Labute approximate surface area is 73.5 Å². The van der Waals surface area contributed by atoms with Crippen molar-refractivity contribution >= 4 is 7.82 Å². The fourth-order valence-corrected chi connectivity index (χ4v) is 0.671. The third-order valence-electron chi connectivity index (χ3n) is 0.894. The number of hydrogen-bond donors (Lipinski definition) is 2. The van der Waals surface area contributed by atoms with Crippen molar-refractivity contribution < 1.29 is 23.7 Å². The summed E-state index contributed by atoms with van der Waals surface area (Å²) in [6, 6.07) is 0. The lowest BCUT2D eigenvalue weighted by Crippen LogP contribution is -2.34. The van der Waals surface area contributed by atoms with Gasteiger partial charge in [-0.1, -0.05) is 6.92 Å². The molecule has 2 N–H and O–H groups in total. The molecule has 0 aromatic rings. The van der Waals surface area contributed by atoms with Gasteiger partial charge in [0.1, 0.15) is 0 Å². The third kappa shape index (κ3) is 50.0. The van der Waals surface area contributed by atoms with Gasteiger partial charge in [0, 0.05) is 0 Å². The van der Waals surface area contributed by atoms with Crippen molar-refractivity contribution in [3.05, 3.63) is 0 Å². The van der Waals surface area contributed by atoms with Crippen LogP contribution in [0.1, 0.15) is 13.3 Å². The maximum Gasteiger partial charge on any atom is 0.262 e. The minimum absolute atomic E-state index is 1.09. The summed E-state index contributed by atoms with van der Waals surface area (Å²) in [4.78, 5) is 22.9. The third-order valence-corrected chi connectivity index (χ3v) is 0.894. The largest absolute Gasteiger partial charge is 0.756 e. The first-order valence-corrected chi connectivity index (χ1v) is 5.16. The lowest BCUT2D eigenvalue weighted by Gasteiger charge is -2.22. The number of quaternary nitrogens is 1. The normalized spacial score (nSPS) is 11.9. The molecule has 0 spiro atoms. The van der Waals surface area contributed by atoms with Crippen molar-refractivity contribution in [1.29, 1.82) is 0 Å². The molecule has 12 heavy (non-hydrogen) atoms. The smallest absolute Gasteiger partial charge is 0.262 e. The molecular weight excluding hydrogens is 181 g/mol. The number of nitrogens with zero attached hydrogens (tertiary/aromatic N) is 1. The molecule has 0 fully saturated rings. The predicted octanol–water partition coefficient (Wildman–Crippen LogP) is -0.458. The lowest BCUT2D eigenvalue weighted by molar-refractivity contribution is -0.870. The van der Waals surface area contributed by atoms with Crippen LogP contribution < -0.4 is 4.89 Å². The van der Waals surface area contributed by atoms with Crippen LogP contribution in [0.5, 0.6) is 0 Å². The van der Waals surface area contributed by atoms with Gasteiger partial charge in [-0.2, -0.15) is 0 Å². The van der Waals surface area contributed by atoms with Crippen LogP contribution in [-0.4, -0.2) is 42.0 Å². The molecule has 6 heteroatoms. The SMILES string of the molecule is CCC[N+](C)(C)C.O=P([O-])(O)O. The molecular formula is C6H18NO4P. The molecule has 0 aliphatic heterocycles. The van der Waals surface area contributed by atoms with Crippen LogP contribution in [0.15, 0.2) is 0 Å². The van der Waals surface area contributed by atoms with Crippen LogP contribution in [0.25, 0.3) is 0 Å². The first-order valence-electron chi connectivity index (χ1n) is 3.63. The van der Waals surface area contributed by atoms with Crippen molar-refractivity contribution in [2.75, 3.05) is 27.7 Å². The van der Waals surface area contributed by atoms with E-state index in [1.54, 1.807) is 0 Å². The molecule has 0 atom stereocenters. The van der Waals surface area contributed by atoms with Crippen molar-refractivity contribution in [2.24, 2.45) is 0 Å². The summed E-state index contributed by atoms with van der Waals surface area (Å²) in [7, 11) is 1.75. The van der Waals surface area contributed by atoms with E-state index < -0.39 is 7.82 Å². The monoisotopic (exact) mass is 199 g/mol. The Balaban J connectivity index is 0. The highest BCUT2D eigenvalue weighted by Crippen LogP contribution is 2.18. The summed E-state index contributed by atoms with van der Waals surface area (Å²) < 4.78 is 9.86. The highest BCUT2D eigenvalue weighted by Gasteiger charge is 2.01. The molecule has 0 unspecified atom stereocenters. The van der Waals surface area contributed by atoms with E-state index in [1.807, 2.05) is 0 Å². The molecule has 0 aliphatic rings. The standard InChI is InChI=1S/C6H16N.H3O4P/c1-5-6-7(2,3)4;1-5(2,3)4/h5-6H2,1-4H3;(H3,1,2,3,4)/q+1;/p-1. The fraction of sp³-hybridized carbons (Fsp3) is 1.00. The first kappa shape index (κ1) is 14.6. The van der Waals surface area contributed by atoms with Crippen LogP contribution in [0, 0.1) is 0 Å². The second-order valence-corrected chi connectivity index (χ2v) is 4.49. The van der Waals surface area contributed by atoms with Gasteiger partial charge in [-0.05, 0) is 6.42 Å². The van der Waals surface area contributed by atoms with E-state index >= 15 is 0 Å². The molecule has 0 rings (SSSR count). The lowest BCUT2D eigenvalue weighted by atomic mass is 10.4. The zero-order valence-electron chi connectivity index (χ0n) is 8.02. The molecule has 0 saturated heterocycles. The van der Waals surface area contributed by atoms with E-state index in [9.17, 15) is 0 Å². The summed E-state index contributed by atoms with van der Waals surface area (Å²) >= 11 is 0. The van der Waals surface area contributed by atoms with Crippen LogP contribution in [-0.2, 0) is 4.57 Å². The summed E-state index contributed by atoms with van der Waals surface area (Å²) in [6.07, 6.45) is 1.28. The quantitative estimate of drug-likeness (QED) is 0.466. The number of phosphoric acid groups is 1. The Morgan fingerprint density at radius 2 is 1.58 bits per heavy atom. The molecule has 5 nitrogen and oxygen atoms in total. The Morgan fingerprint density at radius 1 is 1.33 bits per heavy atom. The van der Waals surface area contributed by atoms with E-state index in [-0.39, 0.29) is 0 Å². The zero-order valence-corrected chi connectivity index (χ0v) is 8.91. The van der Waals surface area contributed by atoms with Gasteiger partial charge >= 0.3 is 0 Å². The van der Waals surface area contributed by atoms with Crippen molar-refractivity contribution in [3.63, 3.8) is 0 Å². The minimum Gasteiger partial charge on any atom is -0.756 e. The van der Waals surface area contributed by atoms with Crippen LogP contribution in [0.2, 0.25) is 0 Å². The highest BCUT2D eigenvalue weighted by molar-refractivity contribution is 7.43. The minimum atomic E-state index is -4.89. The van der Waals surface area contributed by atoms with Crippen LogP contribution in [0.4, 0.5) is 0 Å².